The summed E-state index contributed by atoms with van der Waals surface area (Å²) in [5, 5.41) is 13.7. The predicted octanol–water partition coefficient (Wildman–Crippen LogP) is 1.94. The van der Waals surface area contributed by atoms with Crippen molar-refractivity contribution >= 4 is 28.3 Å². The molecule has 0 unspecified atom stereocenters. The van der Waals surface area contributed by atoms with Gasteiger partial charge in [0, 0.05) is 5.38 Å². The Labute approximate surface area is 112 Å². The van der Waals surface area contributed by atoms with Crippen LogP contribution in [0, 0.1) is 0 Å². The first kappa shape index (κ1) is 13.2. The number of amides is 1. The highest BCUT2D eigenvalue weighted by molar-refractivity contribution is 7.14. The van der Waals surface area contributed by atoms with Crippen LogP contribution in [0.1, 0.15) is 46.4 Å². The first-order valence-electron chi connectivity index (χ1n) is 5.52. The van der Waals surface area contributed by atoms with Crippen LogP contribution in [0.3, 0.4) is 0 Å². The smallest absolute Gasteiger partial charge is 0.354 e. The Morgan fingerprint density at radius 1 is 1.47 bits per heavy atom. The van der Waals surface area contributed by atoms with Gasteiger partial charge in [-0.25, -0.2) is 14.8 Å². The quantitative estimate of drug-likeness (QED) is 0.793. The third-order valence-electron chi connectivity index (χ3n) is 2.40. The van der Waals surface area contributed by atoms with Crippen molar-refractivity contribution in [2.75, 3.05) is 5.32 Å². The van der Waals surface area contributed by atoms with Crippen molar-refractivity contribution in [2.45, 2.75) is 19.8 Å². The Kier molecular flexibility index (Phi) is 3.61. The molecule has 0 spiro atoms. The molecular formula is C11H12N4O3S. The minimum atomic E-state index is -1.23. The molecule has 0 radical (unpaired) electrons. The number of aromatic amines is 1. The summed E-state index contributed by atoms with van der Waals surface area (Å²) in [6.45, 7) is 3.99. The van der Waals surface area contributed by atoms with Crippen molar-refractivity contribution < 1.29 is 14.7 Å². The molecule has 0 saturated carbocycles. The molecule has 2 aromatic rings. The molecular weight excluding hydrogens is 268 g/mol. The van der Waals surface area contributed by atoms with Crippen molar-refractivity contribution in [3.8, 4) is 0 Å². The lowest BCUT2D eigenvalue weighted by atomic mass is 10.2. The molecule has 3 N–H and O–H groups in total. The number of H-pyrrole nitrogens is 1. The van der Waals surface area contributed by atoms with Gasteiger partial charge in [-0.05, 0) is 5.92 Å². The van der Waals surface area contributed by atoms with Gasteiger partial charge < -0.3 is 10.1 Å². The normalized spacial score (nSPS) is 10.7. The minimum absolute atomic E-state index is 0.159. The molecule has 0 saturated heterocycles. The lowest BCUT2D eigenvalue weighted by Gasteiger charge is -2.00. The third-order valence-corrected chi connectivity index (χ3v) is 3.18. The molecule has 2 aromatic heterocycles. The number of hydrogen-bond donors (Lipinski definition) is 3. The number of anilines is 1. The first-order valence-corrected chi connectivity index (χ1v) is 6.40. The van der Waals surface area contributed by atoms with E-state index in [2.05, 4.69) is 20.3 Å². The fourth-order valence-corrected chi connectivity index (χ4v) is 2.26. The van der Waals surface area contributed by atoms with Crippen molar-refractivity contribution in [1.82, 2.24) is 15.0 Å². The third kappa shape index (κ3) is 2.79. The van der Waals surface area contributed by atoms with Gasteiger partial charge in [0.15, 0.2) is 16.5 Å². The van der Waals surface area contributed by atoms with Crippen LogP contribution < -0.4 is 5.32 Å². The number of rotatable bonds is 4. The van der Waals surface area contributed by atoms with Gasteiger partial charge in [0.25, 0.3) is 5.91 Å². The standard InChI is InChI=1S/C11H12N4O3S/c1-5(2)6-3-19-11(14-6)15-9(16)7-8(10(17)18)13-4-12-7/h3-5H,1-2H3,(H,12,13)(H,17,18)(H,14,15,16). The molecule has 0 aliphatic heterocycles. The molecule has 0 aliphatic carbocycles. The molecule has 0 aliphatic rings. The molecule has 100 valence electrons. The number of aromatic nitrogens is 3. The second kappa shape index (κ2) is 5.19. The van der Waals surface area contributed by atoms with E-state index in [1.807, 2.05) is 19.2 Å². The number of nitrogens with zero attached hydrogens (tertiary/aromatic N) is 2. The summed E-state index contributed by atoms with van der Waals surface area (Å²) in [4.78, 5) is 33.1. The molecule has 2 rings (SSSR count). The lowest BCUT2D eigenvalue weighted by molar-refractivity contribution is 0.0686. The zero-order valence-corrected chi connectivity index (χ0v) is 11.1. The maximum atomic E-state index is 11.9. The van der Waals surface area contributed by atoms with Crippen LogP contribution >= 0.6 is 11.3 Å². The molecule has 8 heteroatoms. The van der Waals surface area contributed by atoms with Gasteiger partial charge in [-0.3, -0.25) is 10.1 Å². The summed E-state index contributed by atoms with van der Waals surface area (Å²) in [5.41, 5.74) is 0.479. The van der Waals surface area contributed by atoms with Crippen LogP contribution in [-0.2, 0) is 0 Å². The van der Waals surface area contributed by atoms with E-state index in [0.29, 0.717) is 5.13 Å². The van der Waals surface area contributed by atoms with E-state index in [1.54, 1.807) is 0 Å². The number of aromatic carboxylic acids is 1. The summed E-state index contributed by atoms with van der Waals surface area (Å²) >= 11 is 1.29. The highest BCUT2D eigenvalue weighted by Crippen LogP contribution is 2.21. The number of hydrogen-bond acceptors (Lipinski definition) is 5. The predicted molar refractivity (Wildman–Crippen MR) is 69.7 cm³/mol. The van der Waals surface area contributed by atoms with Crippen molar-refractivity contribution in [1.29, 1.82) is 0 Å². The number of imidazole rings is 1. The first-order chi connectivity index (χ1) is 8.99. The number of carboxylic acid groups (broad SMARTS) is 1. The Morgan fingerprint density at radius 2 is 2.21 bits per heavy atom. The number of carbonyl (C=O) groups is 2. The Morgan fingerprint density at radius 3 is 2.79 bits per heavy atom. The average molecular weight is 280 g/mol. The lowest BCUT2D eigenvalue weighted by Crippen LogP contribution is -2.16. The number of nitrogens with one attached hydrogen (secondary N) is 2. The topological polar surface area (TPSA) is 108 Å². The number of carbonyl (C=O) groups excluding carboxylic acids is 1. The van der Waals surface area contributed by atoms with E-state index in [9.17, 15) is 9.59 Å². The highest BCUT2D eigenvalue weighted by atomic mass is 32.1. The van der Waals surface area contributed by atoms with E-state index in [1.165, 1.54) is 17.7 Å². The number of thiazole rings is 1. The van der Waals surface area contributed by atoms with Crippen LogP contribution in [0.15, 0.2) is 11.7 Å². The monoisotopic (exact) mass is 280 g/mol. The molecule has 0 atom stereocenters. The molecule has 0 fully saturated rings. The van der Waals surface area contributed by atoms with Crippen LogP contribution in [0.5, 0.6) is 0 Å². The van der Waals surface area contributed by atoms with Crippen LogP contribution in [0.2, 0.25) is 0 Å². The molecule has 2 heterocycles. The summed E-state index contributed by atoms with van der Waals surface area (Å²) in [6, 6.07) is 0. The van der Waals surface area contributed by atoms with Crippen LogP contribution in [0.4, 0.5) is 5.13 Å². The molecule has 0 bridgehead atoms. The van der Waals surface area contributed by atoms with E-state index < -0.39 is 11.9 Å². The average Bonchev–Trinajstić information content (AvgIpc) is 2.96. The van der Waals surface area contributed by atoms with Gasteiger partial charge in [0.1, 0.15) is 0 Å². The fraction of sp³-hybridized carbons (Fsp3) is 0.273. The van der Waals surface area contributed by atoms with Gasteiger partial charge >= 0.3 is 5.97 Å². The molecule has 19 heavy (non-hydrogen) atoms. The maximum Gasteiger partial charge on any atom is 0.354 e. The van der Waals surface area contributed by atoms with Gasteiger partial charge in [-0.1, -0.05) is 13.8 Å². The van der Waals surface area contributed by atoms with E-state index in [0.717, 1.165) is 5.69 Å². The van der Waals surface area contributed by atoms with Crippen molar-refractivity contribution in [2.24, 2.45) is 0 Å². The minimum Gasteiger partial charge on any atom is -0.477 e. The van der Waals surface area contributed by atoms with Gasteiger partial charge in [0.2, 0.25) is 0 Å². The molecule has 1 amide bonds. The maximum absolute atomic E-state index is 11.9. The van der Waals surface area contributed by atoms with Crippen LogP contribution in [-0.4, -0.2) is 31.9 Å². The second-order valence-corrected chi connectivity index (χ2v) is 4.98. The van der Waals surface area contributed by atoms with Crippen LogP contribution in [0.25, 0.3) is 0 Å². The van der Waals surface area contributed by atoms with E-state index in [-0.39, 0.29) is 17.3 Å². The van der Waals surface area contributed by atoms with Crippen molar-refractivity contribution in [3.05, 3.63) is 28.8 Å². The van der Waals surface area contributed by atoms with Crippen molar-refractivity contribution in [3.63, 3.8) is 0 Å². The summed E-state index contributed by atoms with van der Waals surface area (Å²) < 4.78 is 0. The SMILES string of the molecule is CC(C)c1csc(NC(=O)c2nc[nH]c2C(=O)O)n1. The highest BCUT2D eigenvalue weighted by Gasteiger charge is 2.20. The second-order valence-electron chi connectivity index (χ2n) is 4.12. The Bertz CT molecular complexity index is 617. The van der Waals surface area contributed by atoms with Gasteiger partial charge in [0.05, 0.1) is 12.0 Å². The van der Waals surface area contributed by atoms with Gasteiger partial charge in [-0.2, -0.15) is 0 Å². The fourth-order valence-electron chi connectivity index (χ4n) is 1.39. The Hall–Kier alpha value is -2.22. The summed E-state index contributed by atoms with van der Waals surface area (Å²) in [5.74, 6) is -1.56. The van der Waals surface area contributed by atoms with E-state index in [4.69, 9.17) is 5.11 Å². The number of carboxylic acids is 1. The zero-order chi connectivity index (χ0) is 14.0. The largest absolute Gasteiger partial charge is 0.477 e. The summed E-state index contributed by atoms with van der Waals surface area (Å²) in [6.07, 6.45) is 1.17. The Balaban J connectivity index is 2.16. The molecule has 7 nitrogen and oxygen atoms in total. The zero-order valence-electron chi connectivity index (χ0n) is 10.3. The molecule has 0 aromatic carbocycles. The summed E-state index contributed by atoms with van der Waals surface area (Å²) in [7, 11) is 0. The van der Waals surface area contributed by atoms with E-state index >= 15 is 0 Å². The van der Waals surface area contributed by atoms with Gasteiger partial charge in [-0.15, -0.1) is 11.3 Å².